The van der Waals surface area contributed by atoms with Gasteiger partial charge in [-0.15, -0.1) is 11.8 Å². The molecule has 3 aromatic carbocycles. The fraction of sp³-hybridized carbons (Fsp3) is 0.160. The molecular formula is C25H22O4S. The van der Waals surface area contributed by atoms with Crippen molar-refractivity contribution in [2.75, 3.05) is 20.3 Å². The molecule has 1 aliphatic rings. The molecule has 1 aliphatic heterocycles. The van der Waals surface area contributed by atoms with Gasteiger partial charge in [-0.3, -0.25) is 4.79 Å². The van der Waals surface area contributed by atoms with Crippen LogP contribution < -0.4 is 14.2 Å². The Hall–Kier alpha value is -3.18. The van der Waals surface area contributed by atoms with Crippen LogP contribution in [0.2, 0.25) is 0 Å². The second kappa shape index (κ2) is 9.55. The van der Waals surface area contributed by atoms with Gasteiger partial charge >= 0.3 is 0 Å². The number of methoxy groups -OCH3 is 1. The first-order valence-corrected chi connectivity index (χ1v) is 10.7. The Balaban J connectivity index is 1.45. The first-order chi connectivity index (χ1) is 14.7. The second-order valence-corrected chi connectivity index (χ2v) is 7.78. The van der Waals surface area contributed by atoms with Crippen LogP contribution in [0.4, 0.5) is 0 Å². The summed E-state index contributed by atoms with van der Waals surface area (Å²) < 4.78 is 16.6. The fourth-order valence-corrected chi connectivity index (χ4v) is 4.04. The molecule has 0 saturated carbocycles. The van der Waals surface area contributed by atoms with Crippen molar-refractivity contribution in [2.24, 2.45) is 0 Å². The molecule has 30 heavy (non-hydrogen) atoms. The summed E-state index contributed by atoms with van der Waals surface area (Å²) in [6.07, 6.45) is 3.37. The first-order valence-electron chi connectivity index (χ1n) is 9.70. The molecule has 0 bridgehead atoms. The normalized spacial score (nSPS) is 12.7. The highest BCUT2D eigenvalue weighted by Crippen LogP contribution is 2.31. The van der Waals surface area contributed by atoms with E-state index in [4.69, 9.17) is 14.2 Å². The smallest absolute Gasteiger partial charge is 0.185 e. The monoisotopic (exact) mass is 418 g/mol. The molecule has 0 amide bonds. The number of fused-ring (bicyclic) bond motifs is 1. The summed E-state index contributed by atoms with van der Waals surface area (Å²) >= 11 is 1.76. The quantitative estimate of drug-likeness (QED) is 0.282. The standard InChI is InChI=1S/C25H22O4S/c1-27-24-15-18(7-9-20(24)17-30-21-5-3-2-4-6-21)8-11-22(26)19-10-12-23-25(16-19)29-14-13-28-23/h2-12,15-16H,13-14,17H2,1H3/b11-8+. The Morgan fingerprint density at radius 2 is 1.80 bits per heavy atom. The van der Waals surface area contributed by atoms with E-state index in [2.05, 4.69) is 12.1 Å². The molecule has 0 atom stereocenters. The summed E-state index contributed by atoms with van der Waals surface area (Å²) in [6, 6.07) is 21.5. The van der Waals surface area contributed by atoms with Gasteiger partial charge < -0.3 is 14.2 Å². The number of rotatable bonds is 7. The third kappa shape index (κ3) is 4.86. The third-order valence-corrected chi connectivity index (χ3v) is 5.76. The van der Waals surface area contributed by atoms with Gasteiger partial charge in [0.1, 0.15) is 19.0 Å². The molecule has 1 heterocycles. The maximum absolute atomic E-state index is 12.6. The number of hydrogen-bond acceptors (Lipinski definition) is 5. The number of carbonyl (C=O) groups is 1. The molecule has 0 aliphatic carbocycles. The highest BCUT2D eigenvalue weighted by molar-refractivity contribution is 7.98. The fourth-order valence-electron chi connectivity index (χ4n) is 3.13. The van der Waals surface area contributed by atoms with Crippen LogP contribution in [0.3, 0.4) is 0 Å². The number of benzene rings is 3. The van der Waals surface area contributed by atoms with Crippen LogP contribution in [0.5, 0.6) is 17.2 Å². The Bertz CT molecular complexity index is 1060. The first kappa shape index (κ1) is 20.1. The van der Waals surface area contributed by atoms with E-state index < -0.39 is 0 Å². The zero-order valence-electron chi connectivity index (χ0n) is 16.7. The predicted octanol–water partition coefficient (Wildman–Crippen LogP) is 5.65. The van der Waals surface area contributed by atoms with Gasteiger partial charge in [0.05, 0.1) is 7.11 Å². The number of carbonyl (C=O) groups excluding carboxylic acids is 1. The maximum atomic E-state index is 12.6. The van der Waals surface area contributed by atoms with Gasteiger partial charge in [-0.1, -0.05) is 36.4 Å². The van der Waals surface area contributed by atoms with Crippen LogP contribution in [0.1, 0.15) is 21.5 Å². The van der Waals surface area contributed by atoms with Crippen molar-refractivity contribution in [3.63, 3.8) is 0 Å². The molecule has 0 aromatic heterocycles. The van der Waals surface area contributed by atoms with Gasteiger partial charge in [0.2, 0.25) is 0 Å². The summed E-state index contributed by atoms with van der Waals surface area (Å²) in [5.41, 5.74) is 2.59. The molecule has 5 heteroatoms. The minimum atomic E-state index is -0.0883. The van der Waals surface area contributed by atoms with Crippen molar-refractivity contribution in [3.05, 3.63) is 89.5 Å². The van der Waals surface area contributed by atoms with Crippen molar-refractivity contribution in [3.8, 4) is 17.2 Å². The van der Waals surface area contributed by atoms with E-state index >= 15 is 0 Å². The van der Waals surface area contributed by atoms with Gasteiger partial charge in [-0.2, -0.15) is 0 Å². The molecule has 0 fully saturated rings. The molecule has 0 spiro atoms. The largest absolute Gasteiger partial charge is 0.496 e. The SMILES string of the molecule is COc1cc(/C=C/C(=O)c2ccc3c(c2)OCCO3)ccc1CSc1ccccc1. The zero-order valence-corrected chi connectivity index (χ0v) is 17.5. The zero-order chi connectivity index (χ0) is 20.8. The topological polar surface area (TPSA) is 44.8 Å². The van der Waals surface area contributed by atoms with Crippen LogP contribution in [0, 0.1) is 0 Å². The van der Waals surface area contributed by atoms with Crippen molar-refractivity contribution >= 4 is 23.6 Å². The number of ketones is 1. The average Bonchev–Trinajstić information content (AvgIpc) is 2.81. The van der Waals surface area contributed by atoms with E-state index in [1.165, 1.54) is 4.90 Å². The minimum Gasteiger partial charge on any atom is -0.496 e. The molecule has 152 valence electrons. The van der Waals surface area contributed by atoms with E-state index in [1.807, 2.05) is 36.4 Å². The van der Waals surface area contributed by atoms with E-state index in [9.17, 15) is 4.79 Å². The summed E-state index contributed by atoms with van der Waals surface area (Å²) in [6.45, 7) is 1.02. The highest BCUT2D eigenvalue weighted by atomic mass is 32.2. The van der Waals surface area contributed by atoms with E-state index in [0.717, 1.165) is 22.6 Å². The lowest BCUT2D eigenvalue weighted by Gasteiger charge is -2.18. The van der Waals surface area contributed by atoms with Gasteiger partial charge in [-0.25, -0.2) is 0 Å². The predicted molar refractivity (Wildman–Crippen MR) is 120 cm³/mol. The third-order valence-electron chi connectivity index (χ3n) is 4.70. The van der Waals surface area contributed by atoms with E-state index in [0.29, 0.717) is 30.3 Å². The van der Waals surface area contributed by atoms with Gasteiger partial charge in [0, 0.05) is 21.8 Å². The van der Waals surface area contributed by atoms with Gasteiger partial charge in [0.25, 0.3) is 0 Å². The van der Waals surface area contributed by atoms with Crippen molar-refractivity contribution in [1.29, 1.82) is 0 Å². The molecular weight excluding hydrogens is 396 g/mol. The lowest BCUT2D eigenvalue weighted by Crippen LogP contribution is -2.15. The van der Waals surface area contributed by atoms with Crippen LogP contribution in [0.25, 0.3) is 6.08 Å². The van der Waals surface area contributed by atoms with Crippen LogP contribution in [-0.2, 0) is 5.75 Å². The molecule has 0 unspecified atom stereocenters. The van der Waals surface area contributed by atoms with Crippen LogP contribution >= 0.6 is 11.8 Å². The Kier molecular flexibility index (Phi) is 6.40. The van der Waals surface area contributed by atoms with E-state index in [-0.39, 0.29) is 5.78 Å². The second-order valence-electron chi connectivity index (χ2n) is 6.73. The molecule has 0 N–H and O–H groups in total. The Morgan fingerprint density at radius 3 is 2.60 bits per heavy atom. The summed E-state index contributed by atoms with van der Waals surface area (Å²) in [7, 11) is 1.67. The molecule has 0 saturated heterocycles. The summed E-state index contributed by atoms with van der Waals surface area (Å²) in [5.74, 6) is 2.83. The van der Waals surface area contributed by atoms with Crippen LogP contribution in [-0.4, -0.2) is 26.1 Å². The molecule has 0 radical (unpaired) electrons. The molecule has 4 nitrogen and oxygen atoms in total. The Labute approximate surface area is 180 Å². The number of thioether (sulfide) groups is 1. The Morgan fingerprint density at radius 1 is 1.00 bits per heavy atom. The van der Waals surface area contributed by atoms with E-state index in [1.54, 1.807) is 49.2 Å². The van der Waals surface area contributed by atoms with Gasteiger partial charge in [-0.05, 0) is 48.0 Å². The van der Waals surface area contributed by atoms with Crippen LogP contribution in [0.15, 0.2) is 77.7 Å². The summed E-state index contributed by atoms with van der Waals surface area (Å²) in [4.78, 5) is 13.8. The lowest BCUT2D eigenvalue weighted by atomic mass is 10.1. The maximum Gasteiger partial charge on any atom is 0.185 e. The number of allylic oxidation sites excluding steroid dienone is 1. The molecule has 4 rings (SSSR count). The average molecular weight is 419 g/mol. The minimum absolute atomic E-state index is 0.0883. The number of ether oxygens (including phenoxy) is 3. The lowest BCUT2D eigenvalue weighted by molar-refractivity contribution is 0.104. The molecule has 3 aromatic rings. The highest BCUT2D eigenvalue weighted by Gasteiger charge is 2.14. The summed E-state index contributed by atoms with van der Waals surface area (Å²) in [5, 5.41) is 0. The number of hydrogen-bond donors (Lipinski definition) is 0. The van der Waals surface area contributed by atoms with Crippen molar-refractivity contribution < 1.29 is 19.0 Å². The van der Waals surface area contributed by atoms with Crippen molar-refractivity contribution in [2.45, 2.75) is 10.6 Å². The van der Waals surface area contributed by atoms with Gasteiger partial charge in [0.15, 0.2) is 17.3 Å². The van der Waals surface area contributed by atoms with Crippen molar-refractivity contribution in [1.82, 2.24) is 0 Å².